The van der Waals surface area contributed by atoms with Crippen LogP contribution >= 0.6 is 0 Å². The van der Waals surface area contributed by atoms with E-state index in [2.05, 4.69) is 5.43 Å². The number of hydrazine groups is 1. The standard InChI is InChI=1S/C10H12N2O2/c1-10(7-5-3-2-4-6-7)8(14-10)9(13)12-11/h2-6,8H,11H2,1H3,(H,12,13). The van der Waals surface area contributed by atoms with Crippen LogP contribution in [0.25, 0.3) is 0 Å². The summed E-state index contributed by atoms with van der Waals surface area (Å²) < 4.78 is 5.35. The molecule has 0 bridgehead atoms. The average molecular weight is 192 g/mol. The van der Waals surface area contributed by atoms with Crippen LogP contribution in [0.4, 0.5) is 0 Å². The summed E-state index contributed by atoms with van der Waals surface area (Å²) >= 11 is 0. The molecule has 1 saturated heterocycles. The van der Waals surface area contributed by atoms with E-state index in [1.165, 1.54) is 0 Å². The van der Waals surface area contributed by atoms with Gasteiger partial charge in [-0.1, -0.05) is 30.3 Å². The van der Waals surface area contributed by atoms with Gasteiger partial charge in [-0.2, -0.15) is 0 Å². The second kappa shape index (κ2) is 3.08. The largest absolute Gasteiger partial charge is 0.351 e. The third-order valence-electron chi connectivity index (χ3n) is 2.53. The average Bonchev–Trinajstić information content (AvgIpc) is 2.93. The molecule has 14 heavy (non-hydrogen) atoms. The van der Waals surface area contributed by atoms with Crippen molar-refractivity contribution in [3.63, 3.8) is 0 Å². The summed E-state index contributed by atoms with van der Waals surface area (Å²) in [5.74, 6) is 4.75. The van der Waals surface area contributed by atoms with Crippen LogP contribution in [-0.4, -0.2) is 12.0 Å². The Bertz CT molecular complexity index is 352. The van der Waals surface area contributed by atoms with Crippen molar-refractivity contribution in [1.82, 2.24) is 5.43 Å². The fourth-order valence-corrected chi connectivity index (χ4v) is 1.58. The Hall–Kier alpha value is -1.39. The molecule has 4 nitrogen and oxygen atoms in total. The first-order valence-corrected chi connectivity index (χ1v) is 4.42. The number of hydrogen-bond donors (Lipinski definition) is 2. The number of carbonyl (C=O) groups excluding carboxylic acids is 1. The van der Waals surface area contributed by atoms with Crippen LogP contribution in [0.1, 0.15) is 12.5 Å². The lowest BCUT2D eigenvalue weighted by molar-refractivity contribution is -0.122. The molecule has 1 aromatic rings. The molecule has 4 heteroatoms. The summed E-state index contributed by atoms with van der Waals surface area (Å²) in [7, 11) is 0. The van der Waals surface area contributed by atoms with E-state index in [0.29, 0.717) is 0 Å². The summed E-state index contributed by atoms with van der Waals surface area (Å²) in [6.07, 6.45) is -0.463. The predicted octanol–water partition coefficient (Wildman–Crippen LogP) is 0.291. The minimum Gasteiger partial charge on any atom is -0.351 e. The lowest BCUT2D eigenvalue weighted by Gasteiger charge is -2.05. The van der Waals surface area contributed by atoms with Crippen LogP contribution in [-0.2, 0) is 15.1 Å². The van der Waals surface area contributed by atoms with Crippen molar-refractivity contribution in [3.05, 3.63) is 35.9 Å². The van der Waals surface area contributed by atoms with E-state index < -0.39 is 11.7 Å². The number of epoxide rings is 1. The van der Waals surface area contributed by atoms with Gasteiger partial charge in [0.2, 0.25) is 0 Å². The SMILES string of the molecule is CC1(c2ccccc2)OC1C(=O)NN. The fraction of sp³-hybridized carbons (Fsp3) is 0.300. The molecule has 2 atom stereocenters. The van der Waals surface area contributed by atoms with E-state index in [-0.39, 0.29) is 5.91 Å². The second-order valence-corrected chi connectivity index (χ2v) is 3.48. The van der Waals surface area contributed by atoms with Gasteiger partial charge in [0.25, 0.3) is 5.91 Å². The first-order chi connectivity index (χ1) is 6.68. The maximum absolute atomic E-state index is 11.2. The van der Waals surface area contributed by atoms with Gasteiger partial charge in [-0.3, -0.25) is 10.2 Å². The molecule has 0 aliphatic carbocycles. The maximum Gasteiger partial charge on any atom is 0.266 e. The Balaban J connectivity index is 2.19. The number of carbonyl (C=O) groups is 1. The molecule has 1 heterocycles. The Labute approximate surface area is 82.0 Å². The van der Waals surface area contributed by atoms with Gasteiger partial charge in [0.15, 0.2) is 6.10 Å². The first kappa shape index (κ1) is 9.18. The molecule has 0 aromatic heterocycles. The Morgan fingerprint density at radius 1 is 1.50 bits per heavy atom. The molecule has 1 aliphatic rings. The van der Waals surface area contributed by atoms with Gasteiger partial charge in [-0.15, -0.1) is 0 Å². The van der Waals surface area contributed by atoms with Gasteiger partial charge >= 0.3 is 0 Å². The van der Waals surface area contributed by atoms with Crippen molar-refractivity contribution < 1.29 is 9.53 Å². The quantitative estimate of drug-likeness (QED) is 0.306. The Kier molecular flexibility index (Phi) is 2.02. The topological polar surface area (TPSA) is 67.7 Å². The van der Waals surface area contributed by atoms with Gasteiger partial charge in [0, 0.05) is 0 Å². The van der Waals surface area contributed by atoms with Gasteiger partial charge in [0.1, 0.15) is 5.60 Å². The van der Waals surface area contributed by atoms with Crippen LogP contribution < -0.4 is 11.3 Å². The third-order valence-corrected chi connectivity index (χ3v) is 2.53. The minimum absolute atomic E-state index is 0.281. The van der Waals surface area contributed by atoms with Crippen LogP contribution in [0.3, 0.4) is 0 Å². The zero-order valence-electron chi connectivity index (χ0n) is 7.86. The van der Waals surface area contributed by atoms with Crippen LogP contribution in [0.15, 0.2) is 30.3 Å². The summed E-state index contributed by atoms with van der Waals surface area (Å²) in [6.45, 7) is 1.88. The number of benzene rings is 1. The number of nitrogens with two attached hydrogens (primary N) is 1. The van der Waals surface area contributed by atoms with Crippen molar-refractivity contribution in [3.8, 4) is 0 Å². The lowest BCUT2D eigenvalue weighted by atomic mass is 9.97. The number of rotatable bonds is 2. The van der Waals surface area contributed by atoms with E-state index in [4.69, 9.17) is 10.6 Å². The predicted molar refractivity (Wildman–Crippen MR) is 51.0 cm³/mol. The monoisotopic (exact) mass is 192 g/mol. The maximum atomic E-state index is 11.2. The molecule has 1 aliphatic heterocycles. The minimum atomic E-state index is -0.509. The van der Waals surface area contributed by atoms with E-state index >= 15 is 0 Å². The van der Waals surface area contributed by atoms with Gasteiger partial charge in [-0.25, -0.2) is 5.84 Å². The molecule has 0 radical (unpaired) electrons. The van der Waals surface area contributed by atoms with Gasteiger partial charge < -0.3 is 4.74 Å². The number of amides is 1. The van der Waals surface area contributed by atoms with Crippen molar-refractivity contribution in [2.24, 2.45) is 5.84 Å². The smallest absolute Gasteiger partial charge is 0.266 e. The molecule has 3 N–H and O–H groups in total. The zero-order valence-corrected chi connectivity index (χ0v) is 7.86. The van der Waals surface area contributed by atoms with E-state index in [1.807, 2.05) is 37.3 Å². The highest BCUT2D eigenvalue weighted by Gasteiger charge is 2.57. The van der Waals surface area contributed by atoms with Crippen LogP contribution in [0.5, 0.6) is 0 Å². The van der Waals surface area contributed by atoms with Crippen molar-refractivity contribution >= 4 is 5.91 Å². The van der Waals surface area contributed by atoms with Gasteiger partial charge in [0.05, 0.1) is 0 Å². The molecule has 1 amide bonds. The molecule has 0 spiro atoms. The summed E-state index contributed by atoms with van der Waals surface area (Å²) in [5, 5.41) is 0. The third kappa shape index (κ3) is 1.29. The number of hydrogen-bond acceptors (Lipinski definition) is 3. The second-order valence-electron chi connectivity index (χ2n) is 3.48. The molecule has 74 valence electrons. The molecular formula is C10H12N2O2. The summed E-state index contributed by atoms with van der Waals surface area (Å²) in [4.78, 5) is 11.2. The van der Waals surface area contributed by atoms with Crippen LogP contribution in [0.2, 0.25) is 0 Å². The molecule has 0 saturated carbocycles. The zero-order chi connectivity index (χ0) is 10.2. The summed E-state index contributed by atoms with van der Waals surface area (Å²) in [5.41, 5.74) is 2.57. The molecule has 1 fully saturated rings. The lowest BCUT2D eigenvalue weighted by Crippen LogP contribution is -2.35. The molecule has 1 aromatic carbocycles. The van der Waals surface area contributed by atoms with Crippen molar-refractivity contribution in [2.45, 2.75) is 18.6 Å². The molecule has 2 unspecified atom stereocenters. The van der Waals surface area contributed by atoms with E-state index in [0.717, 1.165) is 5.56 Å². The van der Waals surface area contributed by atoms with Crippen molar-refractivity contribution in [2.75, 3.05) is 0 Å². The normalized spacial score (nSPS) is 29.7. The van der Waals surface area contributed by atoms with E-state index in [1.54, 1.807) is 0 Å². The first-order valence-electron chi connectivity index (χ1n) is 4.42. The Morgan fingerprint density at radius 2 is 2.14 bits per heavy atom. The number of nitrogens with one attached hydrogen (secondary N) is 1. The van der Waals surface area contributed by atoms with E-state index in [9.17, 15) is 4.79 Å². The number of ether oxygens (including phenoxy) is 1. The highest BCUT2D eigenvalue weighted by atomic mass is 16.6. The molecule has 2 rings (SSSR count). The van der Waals surface area contributed by atoms with Crippen LogP contribution in [0, 0.1) is 0 Å². The highest BCUT2D eigenvalue weighted by Crippen LogP contribution is 2.45. The van der Waals surface area contributed by atoms with Gasteiger partial charge in [-0.05, 0) is 12.5 Å². The summed E-state index contributed by atoms with van der Waals surface area (Å²) in [6, 6.07) is 9.63. The highest BCUT2D eigenvalue weighted by molar-refractivity contribution is 5.84. The fourth-order valence-electron chi connectivity index (χ4n) is 1.58. The molecular weight excluding hydrogens is 180 g/mol. The van der Waals surface area contributed by atoms with Crippen molar-refractivity contribution in [1.29, 1.82) is 0 Å². The Morgan fingerprint density at radius 3 is 2.71 bits per heavy atom.